The van der Waals surface area contributed by atoms with Gasteiger partial charge in [0.25, 0.3) is 0 Å². The Hall–Kier alpha value is -2.25. The number of carbonyl (C=O) groups excluding carboxylic acids is 3. The van der Waals surface area contributed by atoms with Crippen molar-refractivity contribution >= 4 is 18.2 Å². The molecule has 1 rings (SSSR count). The zero-order valence-corrected chi connectivity index (χ0v) is 17.7. The summed E-state index contributed by atoms with van der Waals surface area (Å²) in [6.45, 7) is 13.9. The second-order valence-electron chi connectivity index (χ2n) is 8.53. The van der Waals surface area contributed by atoms with Crippen LogP contribution in [0.4, 0.5) is 9.59 Å². The minimum atomic E-state index is -0.564. The fourth-order valence-corrected chi connectivity index (χ4v) is 3.94. The molecule has 0 saturated heterocycles. The molecule has 0 aromatic rings. The molecule has 1 aliphatic rings. The summed E-state index contributed by atoms with van der Waals surface area (Å²) in [5.74, 6) is -0.513. The van der Waals surface area contributed by atoms with Gasteiger partial charge in [-0.2, -0.15) is 0 Å². The first-order chi connectivity index (χ1) is 13.0. The van der Waals surface area contributed by atoms with E-state index in [2.05, 4.69) is 38.0 Å². The van der Waals surface area contributed by atoms with E-state index >= 15 is 0 Å². The number of amides is 2. The Morgan fingerprint density at radius 1 is 1.04 bits per heavy atom. The molecule has 1 fully saturated rings. The first kappa shape index (κ1) is 23.8. The van der Waals surface area contributed by atoms with Crippen LogP contribution in [0.3, 0.4) is 0 Å². The normalized spacial score (nSPS) is 23.2. The highest BCUT2D eigenvalue weighted by molar-refractivity contribution is 5.86. The summed E-state index contributed by atoms with van der Waals surface area (Å²) in [6.07, 6.45) is 1.50. The molecule has 8 nitrogen and oxygen atoms in total. The van der Waals surface area contributed by atoms with E-state index < -0.39 is 18.2 Å². The Bertz CT molecular complexity index is 589. The molecule has 0 aromatic carbocycles. The van der Waals surface area contributed by atoms with Crippen LogP contribution in [-0.2, 0) is 19.0 Å². The zero-order chi connectivity index (χ0) is 21.4. The van der Waals surface area contributed by atoms with Crippen LogP contribution in [0, 0.1) is 10.8 Å². The summed E-state index contributed by atoms with van der Waals surface area (Å²) in [5, 5.41) is 5.70. The summed E-state index contributed by atoms with van der Waals surface area (Å²) in [4.78, 5) is 35.0. The third-order valence-corrected chi connectivity index (χ3v) is 4.60. The summed E-state index contributed by atoms with van der Waals surface area (Å²) in [5.41, 5.74) is 0.111. The number of esters is 1. The predicted molar refractivity (Wildman–Crippen MR) is 105 cm³/mol. The molecule has 0 aromatic heterocycles. The van der Waals surface area contributed by atoms with Crippen molar-refractivity contribution in [3.8, 4) is 0 Å². The molecular formula is C20H34N2O6. The Labute approximate surface area is 167 Å². The summed E-state index contributed by atoms with van der Waals surface area (Å²) in [6, 6.07) is -0.0211. The predicted octanol–water partition coefficient (Wildman–Crippen LogP) is 3.16. The molecule has 2 amide bonds. The van der Waals surface area contributed by atoms with Gasteiger partial charge < -0.3 is 24.8 Å². The van der Waals surface area contributed by atoms with Crippen LogP contribution in [0.2, 0.25) is 0 Å². The molecule has 28 heavy (non-hydrogen) atoms. The first-order valence-electron chi connectivity index (χ1n) is 9.63. The molecule has 2 N–H and O–H groups in total. The molecule has 0 radical (unpaired) electrons. The number of ether oxygens (including phenoxy) is 3. The Morgan fingerprint density at radius 3 is 2.29 bits per heavy atom. The molecule has 160 valence electrons. The van der Waals surface area contributed by atoms with Gasteiger partial charge in [0.2, 0.25) is 0 Å². The van der Waals surface area contributed by atoms with Gasteiger partial charge in [-0.15, -0.1) is 0 Å². The van der Waals surface area contributed by atoms with Gasteiger partial charge in [0.05, 0.1) is 6.61 Å². The third kappa shape index (κ3) is 8.63. The fraction of sp³-hybridized carbons (Fsp3) is 0.750. The van der Waals surface area contributed by atoms with E-state index in [1.54, 1.807) is 13.8 Å². The van der Waals surface area contributed by atoms with Gasteiger partial charge in [0, 0.05) is 18.2 Å². The molecule has 1 saturated carbocycles. The number of hydrogen-bond donors (Lipinski definition) is 2. The largest absolute Gasteiger partial charge is 0.459 e. The van der Waals surface area contributed by atoms with Gasteiger partial charge >= 0.3 is 18.2 Å². The molecule has 0 spiro atoms. The molecular weight excluding hydrogens is 364 g/mol. The van der Waals surface area contributed by atoms with Crippen LogP contribution in [-0.4, -0.2) is 50.6 Å². The lowest BCUT2D eigenvalue weighted by Crippen LogP contribution is -2.50. The lowest BCUT2D eigenvalue weighted by Gasteiger charge is -2.46. The van der Waals surface area contributed by atoms with Crippen molar-refractivity contribution in [3.63, 3.8) is 0 Å². The van der Waals surface area contributed by atoms with E-state index in [9.17, 15) is 14.4 Å². The standard InChI is InChI=1S/C20H34N2O6/c1-7-26-18(25)22-15-10-19(4,5)12-20(6,11-15)13-21-17(24)28-9-8-27-16(23)14(2)3/h15H,2,7-13H2,1,3-6H3,(H,21,24)(H,22,25). The highest BCUT2D eigenvalue weighted by Gasteiger charge is 2.42. The van der Waals surface area contributed by atoms with E-state index in [1.807, 2.05) is 0 Å². The molecule has 0 heterocycles. The van der Waals surface area contributed by atoms with Crippen molar-refractivity contribution in [2.45, 2.75) is 59.9 Å². The van der Waals surface area contributed by atoms with E-state index in [4.69, 9.17) is 14.2 Å². The van der Waals surface area contributed by atoms with Crippen molar-refractivity contribution in [1.82, 2.24) is 10.6 Å². The van der Waals surface area contributed by atoms with Gasteiger partial charge in [0.15, 0.2) is 0 Å². The van der Waals surface area contributed by atoms with Gasteiger partial charge in [-0.25, -0.2) is 14.4 Å². The number of alkyl carbamates (subject to hydrolysis) is 2. The summed E-state index contributed by atoms with van der Waals surface area (Å²) < 4.78 is 14.9. The minimum absolute atomic E-state index is 0.0134. The van der Waals surface area contributed by atoms with Crippen LogP contribution in [0.5, 0.6) is 0 Å². The molecule has 8 heteroatoms. The zero-order valence-electron chi connectivity index (χ0n) is 17.7. The number of rotatable bonds is 8. The van der Waals surface area contributed by atoms with Crippen LogP contribution in [0.25, 0.3) is 0 Å². The van der Waals surface area contributed by atoms with Crippen LogP contribution < -0.4 is 10.6 Å². The Morgan fingerprint density at radius 2 is 1.68 bits per heavy atom. The van der Waals surface area contributed by atoms with Crippen molar-refractivity contribution in [2.75, 3.05) is 26.4 Å². The SMILES string of the molecule is C=C(C)C(=O)OCCOC(=O)NCC1(C)CC(NC(=O)OCC)CC(C)(C)C1. The Kier molecular flexibility index (Phi) is 8.78. The number of nitrogens with one attached hydrogen (secondary N) is 2. The smallest absolute Gasteiger partial charge is 0.407 e. The second kappa shape index (κ2) is 10.3. The van der Waals surface area contributed by atoms with Crippen LogP contribution >= 0.6 is 0 Å². The fourth-order valence-electron chi connectivity index (χ4n) is 3.94. The van der Waals surface area contributed by atoms with Crippen molar-refractivity contribution in [3.05, 3.63) is 12.2 Å². The van der Waals surface area contributed by atoms with E-state index in [1.165, 1.54) is 0 Å². The quantitative estimate of drug-likeness (QED) is 0.282. The average Bonchev–Trinajstić information content (AvgIpc) is 2.55. The maximum atomic E-state index is 11.9. The topological polar surface area (TPSA) is 103 Å². The molecule has 2 atom stereocenters. The van der Waals surface area contributed by atoms with Crippen LogP contribution in [0.15, 0.2) is 12.2 Å². The van der Waals surface area contributed by atoms with Gasteiger partial charge in [-0.1, -0.05) is 27.4 Å². The summed E-state index contributed by atoms with van der Waals surface area (Å²) >= 11 is 0. The van der Waals surface area contributed by atoms with Crippen molar-refractivity contribution in [1.29, 1.82) is 0 Å². The highest BCUT2D eigenvalue weighted by Crippen LogP contribution is 2.45. The van der Waals surface area contributed by atoms with E-state index in [0.29, 0.717) is 18.7 Å². The minimum Gasteiger partial charge on any atom is -0.459 e. The van der Waals surface area contributed by atoms with Crippen LogP contribution in [0.1, 0.15) is 53.9 Å². The molecule has 1 aliphatic carbocycles. The second-order valence-corrected chi connectivity index (χ2v) is 8.53. The maximum Gasteiger partial charge on any atom is 0.407 e. The average molecular weight is 399 g/mol. The van der Waals surface area contributed by atoms with Gasteiger partial charge in [-0.05, 0) is 43.9 Å². The lowest BCUT2D eigenvalue weighted by molar-refractivity contribution is -0.139. The molecule has 0 aliphatic heterocycles. The van der Waals surface area contributed by atoms with Gasteiger partial charge in [0.1, 0.15) is 13.2 Å². The first-order valence-corrected chi connectivity index (χ1v) is 9.63. The molecule has 0 bridgehead atoms. The van der Waals surface area contributed by atoms with E-state index in [-0.39, 0.29) is 30.1 Å². The van der Waals surface area contributed by atoms with E-state index in [0.717, 1.165) is 19.3 Å². The number of hydrogen-bond acceptors (Lipinski definition) is 6. The van der Waals surface area contributed by atoms with Gasteiger partial charge in [-0.3, -0.25) is 0 Å². The number of carbonyl (C=O) groups is 3. The molecule has 2 unspecified atom stereocenters. The summed E-state index contributed by atoms with van der Waals surface area (Å²) in [7, 11) is 0. The monoisotopic (exact) mass is 398 g/mol. The maximum absolute atomic E-state index is 11.9. The Balaban J connectivity index is 2.47. The van der Waals surface area contributed by atoms with Crippen molar-refractivity contribution < 1.29 is 28.6 Å². The lowest BCUT2D eigenvalue weighted by atomic mass is 9.62. The van der Waals surface area contributed by atoms with Crippen molar-refractivity contribution in [2.24, 2.45) is 10.8 Å². The highest BCUT2D eigenvalue weighted by atomic mass is 16.6. The third-order valence-electron chi connectivity index (χ3n) is 4.60.